The number of aliphatic carboxylic acids is 1. The summed E-state index contributed by atoms with van der Waals surface area (Å²) < 4.78 is 5.68. The van der Waals surface area contributed by atoms with Crippen LogP contribution in [-0.2, 0) is 22.6 Å². The van der Waals surface area contributed by atoms with E-state index in [9.17, 15) is 9.59 Å². The zero-order chi connectivity index (χ0) is 18.9. The first kappa shape index (κ1) is 19.9. The van der Waals surface area contributed by atoms with Crippen LogP contribution >= 0.6 is 11.3 Å². The highest BCUT2D eigenvalue weighted by atomic mass is 32.1. The van der Waals surface area contributed by atoms with E-state index < -0.39 is 12.0 Å². The van der Waals surface area contributed by atoms with E-state index in [1.54, 1.807) is 5.38 Å². The number of thiazole rings is 1. The van der Waals surface area contributed by atoms with Crippen LogP contribution in [-0.4, -0.2) is 28.0 Å². The topological polar surface area (TPSA) is 88.5 Å². The molecule has 1 heterocycles. The van der Waals surface area contributed by atoms with Gasteiger partial charge in [-0.25, -0.2) is 9.78 Å². The van der Waals surface area contributed by atoms with Crippen molar-refractivity contribution in [1.82, 2.24) is 10.3 Å². The Morgan fingerprint density at radius 3 is 2.69 bits per heavy atom. The maximum absolute atomic E-state index is 12.1. The van der Waals surface area contributed by atoms with E-state index in [1.165, 1.54) is 16.9 Å². The molecule has 2 rings (SSSR count). The van der Waals surface area contributed by atoms with Crippen molar-refractivity contribution in [3.8, 4) is 5.75 Å². The van der Waals surface area contributed by atoms with E-state index in [0.29, 0.717) is 18.7 Å². The summed E-state index contributed by atoms with van der Waals surface area (Å²) in [5.41, 5.74) is 1.79. The Balaban J connectivity index is 1.83. The van der Waals surface area contributed by atoms with Gasteiger partial charge >= 0.3 is 5.97 Å². The van der Waals surface area contributed by atoms with Crippen LogP contribution in [0, 0.1) is 6.92 Å². The molecule has 0 bridgehead atoms. The van der Waals surface area contributed by atoms with Crippen LogP contribution in [0.3, 0.4) is 0 Å². The second-order valence-corrected chi connectivity index (χ2v) is 7.05. The summed E-state index contributed by atoms with van der Waals surface area (Å²) >= 11 is 1.42. The van der Waals surface area contributed by atoms with Gasteiger partial charge in [0.15, 0.2) is 0 Å². The smallest absolute Gasteiger partial charge is 0.326 e. The molecule has 1 atom stereocenters. The van der Waals surface area contributed by atoms with Crippen LogP contribution in [0.2, 0.25) is 0 Å². The van der Waals surface area contributed by atoms with Crippen molar-refractivity contribution in [2.75, 3.05) is 0 Å². The van der Waals surface area contributed by atoms with Gasteiger partial charge in [-0.1, -0.05) is 37.5 Å². The number of benzene rings is 1. The third kappa shape index (κ3) is 6.48. The van der Waals surface area contributed by atoms with Gasteiger partial charge in [-0.3, -0.25) is 4.79 Å². The summed E-state index contributed by atoms with van der Waals surface area (Å²) in [5.74, 6) is -0.563. The van der Waals surface area contributed by atoms with Crippen LogP contribution in [0.4, 0.5) is 0 Å². The Hall–Kier alpha value is -2.41. The molecule has 0 radical (unpaired) electrons. The predicted octanol–water partition coefficient (Wildman–Crippen LogP) is 3.33. The minimum absolute atomic E-state index is 0.0664. The van der Waals surface area contributed by atoms with Gasteiger partial charge in [0.25, 0.3) is 0 Å². The second-order valence-electron chi connectivity index (χ2n) is 6.11. The molecule has 0 fully saturated rings. The van der Waals surface area contributed by atoms with E-state index in [0.717, 1.165) is 23.6 Å². The fourth-order valence-corrected chi connectivity index (χ4v) is 3.06. The van der Waals surface area contributed by atoms with Gasteiger partial charge in [-0.15, -0.1) is 11.3 Å². The molecule has 140 valence electrons. The summed E-state index contributed by atoms with van der Waals surface area (Å²) in [6.07, 6.45) is 2.14. The Morgan fingerprint density at radius 1 is 1.31 bits per heavy atom. The van der Waals surface area contributed by atoms with Crippen LogP contribution in [0.1, 0.15) is 42.5 Å². The average molecular weight is 376 g/mol. The zero-order valence-corrected chi connectivity index (χ0v) is 15.8. The normalized spacial score (nSPS) is 11.8. The molecule has 0 spiro atoms. The molecule has 0 saturated heterocycles. The van der Waals surface area contributed by atoms with Gasteiger partial charge in [-0.2, -0.15) is 0 Å². The number of hydrogen-bond donors (Lipinski definition) is 2. The molecule has 0 aliphatic rings. The Labute approximate surface area is 157 Å². The Kier molecular flexibility index (Phi) is 7.59. The van der Waals surface area contributed by atoms with E-state index in [2.05, 4.69) is 10.3 Å². The van der Waals surface area contributed by atoms with Crippen LogP contribution in [0.15, 0.2) is 29.6 Å². The first-order valence-corrected chi connectivity index (χ1v) is 9.50. The average Bonchev–Trinajstić information content (AvgIpc) is 3.05. The van der Waals surface area contributed by atoms with Crippen molar-refractivity contribution in [1.29, 1.82) is 0 Å². The minimum atomic E-state index is -1.00. The maximum Gasteiger partial charge on any atom is 0.326 e. The molecule has 0 saturated carbocycles. The Bertz CT molecular complexity index is 727. The third-order valence-corrected chi connectivity index (χ3v) is 4.68. The van der Waals surface area contributed by atoms with Crippen molar-refractivity contribution in [3.05, 3.63) is 45.9 Å². The van der Waals surface area contributed by atoms with Gasteiger partial charge in [0.2, 0.25) is 5.91 Å². The number of nitrogens with zero attached hydrogens (tertiary/aromatic N) is 1. The molecule has 2 N–H and O–H groups in total. The summed E-state index contributed by atoms with van der Waals surface area (Å²) in [6.45, 7) is 4.33. The lowest BCUT2D eigenvalue weighted by molar-refractivity contribution is -0.142. The number of carbonyl (C=O) groups is 2. The molecular formula is C19H24N2O4S. The number of carboxylic acids is 1. The number of amides is 1. The molecular weight excluding hydrogens is 352 g/mol. The van der Waals surface area contributed by atoms with Gasteiger partial charge in [0.05, 0.1) is 12.1 Å². The van der Waals surface area contributed by atoms with Crippen molar-refractivity contribution in [3.63, 3.8) is 0 Å². The summed E-state index contributed by atoms with van der Waals surface area (Å²) in [4.78, 5) is 27.6. The molecule has 1 aromatic heterocycles. The summed E-state index contributed by atoms with van der Waals surface area (Å²) in [6, 6.07) is 6.92. The van der Waals surface area contributed by atoms with Crippen LogP contribution < -0.4 is 10.1 Å². The second kappa shape index (κ2) is 9.91. The summed E-state index contributed by atoms with van der Waals surface area (Å²) in [7, 11) is 0. The molecule has 2 aromatic rings. The zero-order valence-electron chi connectivity index (χ0n) is 15.0. The minimum Gasteiger partial charge on any atom is -0.486 e. The third-order valence-electron chi connectivity index (χ3n) is 3.80. The molecule has 6 nitrogen and oxygen atoms in total. The highest BCUT2D eigenvalue weighted by Gasteiger charge is 2.19. The van der Waals surface area contributed by atoms with Crippen molar-refractivity contribution in [2.24, 2.45) is 0 Å². The number of ether oxygens (including phenoxy) is 1. The number of aromatic nitrogens is 1. The standard InChI is InChI=1S/C19H24N2O4S/c1-3-4-5-16(19(23)24)21-17(22)10-14-12-26-18(20-14)11-25-15-8-6-13(2)7-9-15/h6-9,12,16H,3-5,10-11H2,1-2H3,(H,21,22)(H,23,24). The van der Waals surface area contributed by atoms with E-state index >= 15 is 0 Å². The molecule has 1 unspecified atom stereocenters. The fraction of sp³-hybridized carbons (Fsp3) is 0.421. The fourth-order valence-electron chi connectivity index (χ4n) is 2.35. The number of carboxylic acid groups (broad SMARTS) is 1. The summed E-state index contributed by atoms with van der Waals surface area (Å²) in [5, 5.41) is 14.3. The molecule has 0 aliphatic carbocycles. The van der Waals surface area contributed by atoms with Crippen molar-refractivity contribution in [2.45, 2.75) is 52.2 Å². The number of rotatable bonds is 10. The van der Waals surface area contributed by atoms with Gasteiger partial charge < -0.3 is 15.2 Å². The molecule has 26 heavy (non-hydrogen) atoms. The lowest BCUT2D eigenvalue weighted by Crippen LogP contribution is -2.41. The van der Waals surface area contributed by atoms with Gasteiger partial charge in [0, 0.05) is 5.38 Å². The maximum atomic E-state index is 12.1. The van der Waals surface area contributed by atoms with Crippen LogP contribution in [0.5, 0.6) is 5.75 Å². The van der Waals surface area contributed by atoms with Crippen LogP contribution in [0.25, 0.3) is 0 Å². The predicted molar refractivity (Wildman–Crippen MR) is 100 cm³/mol. The first-order valence-electron chi connectivity index (χ1n) is 8.63. The molecule has 1 aromatic carbocycles. The van der Waals surface area contributed by atoms with E-state index in [-0.39, 0.29) is 12.3 Å². The van der Waals surface area contributed by atoms with E-state index in [4.69, 9.17) is 9.84 Å². The largest absolute Gasteiger partial charge is 0.486 e. The number of aryl methyl sites for hydroxylation is 1. The molecule has 1 amide bonds. The molecule has 0 aliphatic heterocycles. The Morgan fingerprint density at radius 2 is 2.04 bits per heavy atom. The monoisotopic (exact) mass is 376 g/mol. The van der Waals surface area contributed by atoms with Gasteiger partial charge in [-0.05, 0) is 25.5 Å². The van der Waals surface area contributed by atoms with Crippen molar-refractivity contribution < 1.29 is 19.4 Å². The molecule has 7 heteroatoms. The first-order chi connectivity index (χ1) is 12.5. The van der Waals surface area contributed by atoms with E-state index in [1.807, 2.05) is 38.1 Å². The number of unbranched alkanes of at least 4 members (excludes halogenated alkanes) is 1. The number of hydrogen-bond acceptors (Lipinski definition) is 5. The van der Waals surface area contributed by atoms with Crippen molar-refractivity contribution >= 4 is 23.2 Å². The lowest BCUT2D eigenvalue weighted by Gasteiger charge is -2.13. The number of nitrogens with one attached hydrogen (secondary N) is 1. The number of carbonyl (C=O) groups excluding carboxylic acids is 1. The highest BCUT2D eigenvalue weighted by Crippen LogP contribution is 2.16. The lowest BCUT2D eigenvalue weighted by atomic mass is 10.1. The quantitative estimate of drug-likeness (QED) is 0.664. The van der Waals surface area contributed by atoms with Gasteiger partial charge in [0.1, 0.15) is 23.4 Å². The SMILES string of the molecule is CCCCC(NC(=O)Cc1csc(COc2ccc(C)cc2)n1)C(=O)O. The highest BCUT2D eigenvalue weighted by molar-refractivity contribution is 7.09.